The number of nitrogens with two attached hydrogens (primary N) is 1. The summed E-state index contributed by atoms with van der Waals surface area (Å²) >= 11 is 0. The zero-order chi connectivity index (χ0) is 13.8. The lowest BCUT2D eigenvalue weighted by Gasteiger charge is -2.31. The third-order valence-corrected chi connectivity index (χ3v) is 3.46. The van der Waals surface area contributed by atoms with Gasteiger partial charge in [-0.1, -0.05) is 0 Å². The Morgan fingerprint density at radius 3 is 2.61 bits per heavy atom. The zero-order valence-corrected chi connectivity index (χ0v) is 12.2. The molecule has 0 spiro atoms. The predicted molar refractivity (Wildman–Crippen MR) is 73.5 cm³/mol. The molecule has 1 unspecified atom stereocenters. The van der Waals surface area contributed by atoms with Crippen LogP contribution in [0.2, 0.25) is 0 Å². The van der Waals surface area contributed by atoms with E-state index in [1.54, 1.807) is 7.11 Å². The highest BCUT2D eigenvalue weighted by Crippen LogP contribution is 2.15. The van der Waals surface area contributed by atoms with Gasteiger partial charge in [0.1, 0.15) is 11.5 Å². The van der Waals surface area contributed by atoms with E-state index in [9.17, 15) is 0 Å². The molecule has 4 nitrogen and oxygen atoms in total. The van der Waals surface area contributed by atoms with Crippen molar-refractivity contribution >= 4 is 0 Å². The van der Waals surface area contributed by atoms with Crippen LogP contribution in [0.3, 0.4) is 0 Å². The largest absolute Gasteiger partial charge is 0.465 e. The maximum Gasteiger partial charge on any atom is 0.118 e. The standard InChI is InChI=1S/C14H26N2O2/c1-11-6-7-12(18-11)10-16(4)9-8-13(15)14(2,3)17-5/h6-7,13H,8-10,15H2,1-5H3. The summed E-state index contributed by atoms with van der Waals surface area (Å²) in [4.78, 5) is 2.21. The summed E-state index contributed by atoms with van der Waals surface area (Å²) in [6.07, 6.45) is 0.900. The summed E-state index contributed by atoms with van der Waals surface area (Å²) in [5.41, 5.74) is 5.86. The Hall–Kier alpha value is -0.840. The van der Waals surface area contributed by atoms with E-state index < -0.39 is 0 Å². The molecule has 0 bridgehead atoms. The Bertz CT molecular complexity index is 360. The van der Waals surface area contributed by atoms with Gasteiger partial charge in [-0.05, 0) is 52.9 Å². The van der Waals surface area contributed by atoms with Crippen LogP contribution in [0.15, 0.2) is 16.5 Å². The van der Waals surface area contributed by atoms with Crippen molar-refractivity contribution in [2.75, 3.05) is 20.7 Å². The maximum atomic E-state index is 6.13. The molecule has 0 amide bonds. The molecule has 1 atom stereocenters. The van der Waals surface area contributed by atoms with E-state index in [0.717, 1.165) is 31.0 Å². The van der Waals surface area contributed by atoms with Gasteiger partial charge in [0.25, 0.3) is 0 Å². The molecule has 0 saturated carbocycles. The highest BCUT2D eigenvalue weighted by molar-refractivity contribution is 5.05. The molecule has 18 heavy (non-hydrogen) atoms. The van der Waals surface area contributed by atoms with Crippen molar-refractivity contribution in [3.05, 3.63) is 23.7 Å². The van der Waals surface area contributed by atoms with Crippen LogP contribution in [-0.4, -0.2) is 37.2 Å². The summed E-state index contributed by atoms with van der Waals surface area (Å²) in [7, 11) is 3.78. The Morgan fingerprint density at radius 2 is 2.11 bits per heavy atom. The van der Waals surface area contributed by atoms with Crippen molar-refractivity contribution in [1.82, 2.24) is 4.90 Å². The van der Waals surface area contributed by atoms with Crippen LogP contribution in [0.5, 0.6) is 0 Å². The normalized spacial score (nSPS) is 14.2. The second-order valence-corrected chi connectivity index (χ2v) is 5.45. The third-order valence-electron chi connectivity index (χ3n) is 3.46. The smallest absolute Gasteiger partial charge is 0.118 e. The fraction of sp³-hybridized carbons (Fsp3) is 0.714. The summed E-state index contributed by atoms with van der Waals surface area (Å²) in [5.74, 6) is 1.95. The van der Waals surface area contributed by atoms with E-state index >= 15 is 0 Å². The number of methoxy groups -OCH3 is 1. The van der Waals surface area contributed by atoms with Crippen molar-refractivity contribution in [3.63, 3.8) is 0 Å². The number of nitrogens with zero attached hydrogens (tertiary/aromatic N) is 1. The number of ether oxygens (including phenoxy) is 1. The fourth-order valence-electron chi connectivity index (χ4n) is 1.77. The number of hydrogen-bond donors (Lipinski definition) is 1. The van der Waals surface area contributed by atoms with E-state index in [4.69, 9.17) is 14.9 Å². The van der Waals surface area contributed by atoms with Crippen LogP contribution in [-0.2, 0) is 11.3 Å². The van der Waals surface area contributed by atoms with Gasteiger partial charge in [0.2, 0.25) is 0 Å². The molecule has 0 fully saturated rings. The van der Waals surface area contributed by atoms with Crippen molar-refractivity contribution in [2.24, 2.45) is 5.73 Å². The van der Waals surface area contributed by atoms with Crippen LogP contribution in [0.25, 0.3) is 0 Å². The van der Waals surface area contributed by atoms with Crippen LogP contribution in [0, 0.1) is 6.92 Å². The number of furan rings is 1. The molecule has 0 aliphatic heterocycles. The van der Waals surface area contributed by atoms with E-state index in [0.29, 0.717) is 0 Å². The Kier molecular flexibility index (Phi) is 5.38. The second-order valence-electron chi connectivity index (χ2n) is 5.45. The third kappa shape index (κ3) is 4.44. The highest BCUT2D eigenvalue weighted by Gasteiger charge is 2.25. The van der Waals surface area contributed by atoms with E-state index in [1.807, 2.05) is 32.9 Å². The number of hydrogen-bond acceptors (Lipinski definition) is 4. The van der Waals surface area contributed by atoms with Gasteiger partial charge in [-0.2, -0.15) is 0 Å². The molecule has 0 radical (unpaired) electrons. The SMILES string of the molecule is COC(C)(C)C(N)CCN(C)Cc1ccc(C)o1. The molecule has 2 N–H and O–H groups in total. The first-order chi connectivity index (χ1) is 8.35. The van der Waals surface area contributed by atoms with Gasteiger partial charge in [0.05, 0.1) is 12.1 Å². The van der Waals surface area contributed by atoms with E-state index in [2.05, 4.69) is 11.9 Å². The van der Waals surface area contributed by atoms with Gasteiger partial charge < -0.3 is 14.9 Å². The molecular weight excluding hydrogens is 228 g/mol. The minimum absolute atomic E-state index is 0.0308. The van der Waals surface area contributed by atoms with Gasteiger partial charge in [-0.25, -0.2) is 0 Å². The van der Waals surface area contributed by atoms with Crippen molar-refractivity contribution in [3.8, 4) is 0 Å². The Morgan fingerprint density at radius 1 is 1.44 bits per heavy atom. The highest BCUT2D eigenvalue weighted by atomic mass is 16.5. The van der Waals surface area contributed by atoms with Crippen LogP contribution >= 0.6 is 0 Å². The molecule has 1 heterocycles. The van der Waals surface area contributed by atoms with Crippen molar-refractivity contribution in [2.45, 2.75) is 45.4 Å². The first-order valence-corrected chi connectivity index (χ1v) is 6.39. The Balaban J connectivity index is 2.35. The first kappa shape index (κ1) is 15.2. The molecular formula is C14H26N2O2. The summed E-state index contributed by atoms with van der Waals surface area (Å²) < 4.78 is 10.9. The van der Waals surface area contributed by atoms with Gasteiger partial charge in [0.15, 0.2) is 0 Å². The Labute approximate surface area is 110 Å². The molecule has 1 aromatic heterocycles. The second kappa shape index (κ2) is 6.36. The molecule has 104 valence electrons. The van der Waals surface area contributed by atoms with Gasteiger partial charge in [0, 0.05) is 13.2 Å². The average Bonchev–Trinajstić information content (AvgIpc) is 2.71. The summed E-state index contributed by atoms with van der Waals surface area (Å²) in [6.45, 7) is 7.74. The van der Waals surface area contributed by atoms with Crippen LogP contribution in [0.1, 0.15) is 31.8 Å². The van der Waals surface area contributed by atoms with E-state index in [1.165, 1.54) is 0 Å². The molecule has 0 saturated heterocycles. The molecule has 0 aromatic carbocycles. The predicted octanol–water partition coefficient (Wildman–Crippen LogP) is 2.16. The van der Waals surface area contributed by atoms with Crippen molar-refractivity contribution in [1.29, 1.82) is 0 Å². The minimum atomic E-state index is -0.276. The molecule has 0 aliphatic rings. The molecule has 4 heteroatoms. The average molecular weight is 254 g/mol. The lowest BCUT2D eigenvalue weighted by molar-refractivity contribution is -0.00342. The number of rotatable bonds is 7. The van der Waals surface area contributed by atoms with Gasteiger partial charge in [-0.3, -0.25) is 4.90 Å². The molecule has 0 aliphatic carbocycles. The zero-order valence-electron chi connectivity index (χ0n) is 12.2. The van der Waals surface area contributed by atoms with Crippen LogP contribution in [0.4, 0.5) is 0 Å². The summed E-state index contributed by atoms with van der Waals surface area (Å²) in [5, 5.41) is 0. The lowest BCUT2D eigenvalue weighted by atomic mass is 9.96. The minimum Gasteiger partial charge on any atom is -0.465 e. The quantitative estimate of drug-likeness (QED) is 0.810. The molecule has 1 aromatic rings. The summed E-state index contributed by atoms with van der Waals surface area (Å²) in [6, 6.07) is 4.04. The monoisotopic (exact) mass is 254 g/mol. The number of aryl methyl sites for hydroxylation is 1. The van der Waals surface area contributed by atoms with E-state index in [-0.39, 0.29) is 11.6 Å². The lowest BCUT2D eigenvalue weighted by Crippen LogP contribution is -2.46. The molecule has 1 rings (SSSR count). The fourth-order valence-corrected chi connectivity index (χ4v) is 1.77. The van der Waals surface area contributed by atoms with Gasteiger partial charge in [-0.15, -0.1) is 0 Å². The van der Waals surface area contributed by atoms with Crippen LogP contribution < -0.4 is 5.73 Å². The first-order valence-electron chi connectivity index (χ1n) is 6.39. The van der Waals surface area contributed by atoms with Gasteiger partial charge >= 0.3 is 0 Å². The maximum absolute atomic E-state index is 6.13. The van der Waals surface area contributed by atoms with Crippen molar-refractivity contribution < 1.29 is 9.15 Å². The topological polar surface area (TPSA) is 51.6 Å².